The smallest absolute Gasteiger partial charge is 0.357 e. The Bertz CT molecular complexity index is 810. The molecule has 1 aliphatic rings. The van der Waals surface area contributed by atoms with Crippen molar-refractivity contribution in [1.29, 1.82) is 0 Å². The minimum atomic E-state index is -0.768. The molecule has 1 aliphatic heterocycles. The Hall–Kier alpha value is -2.57. The van der Waals surface area contributed by atoms with Gasteiger partial charge in [0.2, 0.25) is 5.88 Å². The first-order chi connectivity index (χ1) is 12.0. The Morgan fingerprint density at radius 2 is 2.12 bits per heavy atom. The van der Waals surface area contributed by atoms with Crippen LogP contribution in [-0.4, -0.2) is 30.3 Å². The Morgan fingerprint density at radius 1 is 1.32 bits per heavy atom. The van der Waals surface area contributed by atoms with Crippen LogP contribution in [0.2, 0.25) is 0 Å². The zero-order chi connectivity index (χ0) is 18.0. The van der Waals surface area contributed by atoms with Crippen molar-refractivity contribution in [1.82, 2.24) is 4.98 Å². The molecule has 132 valence electrons. The van der Waals surface area contributed by atoms with E-state index in [0.717, 1.165) is 12.1 Å². The van der Waals surface area contributed by atoms with E-state index >= 15 is 0 Å². The van der Waals surface area contributed by atoms with Gasteiger partial charge in [0.25, 0.3) is 0 Å². The van der Waals surface area contributed by atoms with Crippen LogP contribution in [0.3, 0.4) is 0 Å². The minimum Gasteiger partial charge on any atom is -0.471 e. The summed E-state index contributed by atoms with van der Waals surface area (Å²) in [6, 6.07) is 4.58. The average Bonchev–Trinajstić information content (AvgIpc) is 2.60. The number of carbonyl (C=O) groups excluding carboxylic acids is 1. The van der Waals surface area contributed by atoms with Gasteiger partial charge >= 0.3 is 5.97 Å². The molecular formula is C18H16F3NO3. The number of pyridine rings is 1. The summed E-state index contributed by atoms with van der Waals surface area (Å²) >= 11 is 0. The van der Waals surface area contributed by atoms with E-state index in [1.165, 1.54) is 12.1 Å². The van der Waals surface area contributed by atoms with Gasteiger partial charge in [0.15, 0.2) is 5.69 Å². The molecule has 0 amide bonds. The van der Waals surface area contributed by atoms with Crippen molar-refractivity contribution in [2.75, 3.05) is 13.3 Å². The van der Waals surface area contributed by atoms with E-state index in [4.69, 9.17) is 9.47 Å². The molecule has 1 atom stereocenters. The van der Waals surface area contributed by atoms with Crippen LogP contribution < -0.4 is 4.74 Å². The number of aromatic nitrogens is 1. The number of hydrogen-bond acceptors (Lipinski definition) is 4. The Balaban J connectivity index is 2.15. The molecule has 4 nitrogen and oxygen atoms in total. The number of carbonyl (C=O) groups is 1. The van der Waals surface area contributed by atoms with Gasteiger partial charge in [0.1, 0.15) is 24.4 Å². The molecule has 0 bridgehead atoms. The molecule has 0 fully saturated rings. The van der Waals surface area contributed by atoms with E-state index in [9.17, 15) is 18.0 Å². The van der Waals surface area contributed by atoms with E-state index in [-0.39, 0.29) is 23.7 Å². The van der Waals surface area contributed by atoms with Crippen LogP contribution in [0.4, 0.5) is 13.2 Å². The zero-order valence-electron chi connectivity index (χ0n) is 13.5. The predicted molar refractivity (Wildman–Crippen MR) is 84.3 cm³/mol. The molecule has 0 unspecified atom stereocenters. The van der Waals surface area contributed by atoms with E-state index in [1.807, 2.05) is 0 Å². The van der Waals surface area contributed by atoms with Gasteiger partial charge < -0.3 is 9.47 Å². The summed E-state index contributed by atoms with van der Waals surface area (Å²) in [7, 11) is 0. The summed E-state index contributed by atoms with van der Waals surface area (Å²) < 4.78 is 50.8. The standard InChI is InChI=1S/C18H16F3NO3/c1-2-24-18(23)16-8-14(12-5-3-10(20)7-15(12)21)13-6-4-11(9-19)25-17(13)22-16/h3,5,7-8,11H,2,4,6,9H2,1H3/t11-/m0/s1. The van der Waals surface area contributed by atoms with Crippen LogP contribution in [0, 0.1) is 11.6 Å². The second-order valence-corrected chi connectivity index (χ2v) is 5.62. The lowest BCUT2D eigenvalue weighted by Gasteiger charge is -2.25. The number of alkyl halides is 1. The molecule has 1 aromatic carbocycles. The van der Waals surface area contributed by atoms with Crippen LogP contribution in [0.15, 0.2) is 24.3 Å². The number of halogens is 3. The molecule has 0 saturated heterocycles. The Kier molecular flexibility index (Phi) is 4.92. The van der Waals surface area contributed by atoms with Crippen molar-refractivity contribution < 1.29 is 27.4 Å². The molecule has 2 heterocycles. The monoisotopic (exact) mass is 351 g/mol. The predicted octanol–water partition coefficient (Wildman–Crippen LogP) is 3.87. The fraction of sp³-hybridized carbons (Fsp3) is 0.333. The normalized spacial score (nSPS) is 16.1. The molecule has 7 heteroatoms. The quantitative estimate of drug-likeness (QED) is 0.785. The molecule has 0 aliphatic carbocycles. The van der Waals surface area contributed by atoms with Crippen molar-refractivity contribution in [2.24, 2.45) is 0 Å². The fourth-order valence-electron chi connectivity index (χ4n) is 2.78. The Morgan fingerprint density at radius 3 is 2.80 bits per heavy atom. The first-order valence-electron chi connectivity index (χ1n) is 7.92. The number of nitrogens with zero attached hydrogens (tertiary/aromatic N) is 1. The third-order valence-corrected chi connectivity index (χ3v) is 3.96. The lowest BCUT2D eigenvalue weighted by Crippen LogP contribution is -2.26. The number of esters is 1. The van der Waals surface area contributed by atoms with E-state index in [1.54, 1.807) is 6.92 Å². The molecule has 1 aromatic heterocycles. The maximum atomic E-state index is 14.3. The van der Waals surface area contributed by atoms with Crippen molar-refractivity contribution in [3.05, 3.63) is 47.2 Å². The highest BCUT2D eigenvalue weighted by Gasteiger charge is 2.27. The first kappa shape index (κ1) is 17.3. The van der Waals surface area contributed by atoms with Crippen molar-refractivity contribution in [3.8, 4) is 17.0 Å². The second kappa shape index (κ2) is 7.13. The molecular weight excluding hydrogens is 335 g/mol. The van der Waals surface area contributed by atoms with Gasteiger partial charge in [0.05, 0.1) is 6.61 Å². The second-order valence-electron chi connectivity index (χ2n) is 5.62. The van der Waals surface area contributed by atoms with E-state index in [2.05, 4.69) is 4.98 Å². The fourth-order valence-corrected chi connectivity index (χ4v) is 2.78. The molecule has 3 rings (SSSR count). The third kappa shape index (κ3) is 3.45. The van der Waals surface area contributed by atoms with Gasteiger partial charge in [-0.2, -0.15) is 0 Å². The molecule has 25 heavy (non-hydrogen) atoms. The van der Waals surface area contributed by atoms with E-state index in [0.29, 0.717) is 24.0 Å². The Labute approximate surface area is 142 Å². The highest BCUT2D eigenvalue weighted by Crippen LogP contribution is 2.36. The molecule has 0 N–H and O–H groups in total. The van der Waals surface area contributed by atoms with E-state index < -0.39 is 30.4 Å². The molecule has 0 saturated carbocycles. The van der Waals surface area contributed by atoms with Crippen LogP contribution in [-0.2, 0) is 11.2 Å². The average molecular weight is 351 g/mol. The van der Waals surface area contributed by atoms with Gasteiger partial charge in [0, 0.05) is 17.2 Å². The van der Waals surface area contributed by atoms with Crippen LogP contribution in [0.1, 0.15) is 29.4 Å². The van der Waals surface area contributed by atoms with Crippen molar-refractivity contribution in [3.63, 3.8) is 0 Å². The van der Waals surface area contributed by atoms with Crippen LogP contribution >= 0.6 is 0 Å². The molecule has 0 radical (unpaired) electrons. The topological polar surface area (TPSA) is 48.4 Å². The number of rotatable bonds is 4. The zero-order valence-corrected chi connectivity index (χ0v) is 13.5. The van der Waals surface area contributed by atoms with Crippen molar-refractivity contribution in [2.45, 2.75) is 25.9 Å². The summed E-state index contributed by atoms with van der Waals surface area (Å²) in [6.45, 7) is 1.10. The largest absolute Gasteiger partial charge is 0.471 e. The summed E-state index contributed by atoms with van der Waals surface area (Å²) in [4.78, 5) is 16.1. The number of benzene rings is 1. The first-order valence-corrected chi connectivity index (χ1v) is 7.92. The molecule has 2 aromatic rings. The summed E-state index contributed by atoms with van der Waals surface area (Å²) in [5, 5.41) is 0. The number of ether oxygens (including phenoxy) is 2. The van der Waals surface area contributed by atoms with Crippen molar-refractivity contribution >= 4 is 5.97 Å². The van der Waals surface area contributed by atoms with Crippen LogP contribution in [0.5, 0.6) is 5.88 Å². The van der Waals surface area contributed by atoms with Gasteiger partial charge in [-0.25, -0.2) is 22.9 Å². The number of hydrogen-bond donors (Lipinski definition) is 0. The molecule has 0 spiro atoms. The SMILES string of the molecule is CCOC(=O)c1cc(-c2ccc(F)cc2F)c2c(n1)O[C@H](CF)CC2. The van der Waals surface area contributed by atoms with Gasteiger partial charge in [-0.15, -0.1) is 0 Å². The van der Waals surface area contributed by atoms with Gasteiger partial charge in [-0.3, -0.25) is 0 Å². The van der Waals surface area contributed by atoms with Gasteiger partial charge in [-0.05, 0) is 43.5 Å². The summed E-state index contributed by atoms with van der Waals surface area (Å²) in [5.41, 5.74) is 0.970. The lowest BCUT2D eigenvalue weighted by atomic mass is 9.94. The highest BCUT2D eigenvalue weighted by atomic mass is 19.1. The van der Waals surface area contributed by atoms with Crippen LogP contribution in [0.25, 0.3) is 11.1 Å². The summed E-state index contributed by atoms with van der Waals surface area (Å²) in [5.74, 6) is -2.09. The maximum Gasteiger partial charge on any atom is 0.357 e. The highest BCUT2D eigenvalue weighted by molar-refractivity contribution is 5.90. The summed E-state index contributed by atoms with van der Waals surface area (Å²) in [6.07, 6.45) is 0.148. The minimum absolute atomic E-state index is 0.0705. The number of fused-ring (bicyclic) bond motifs is 1. The maximum absolute atomic E-state index is 14.3. The lowest BCUT2D eigenvalue weighted by molar-refractivity contribution is 0.0516. The van der Waals surface area contributed by atoms with Gasteiger partial charge in [-0.1, -0.05) is 0 Å². The third-order valence-electron chi connectivity index (χ3n) is 3.96.